The van der Waals surface area contributed by atoms with Crippen molar-refractivity contribution in [3.63, 3.8) is 0 Å². The number of benzene rings is 1. The zero-order valence-electron chi connectivity index (χ0n) is 11.6. The topological polar surface area (TPSA) is 21.3 Å². The molecule has 102 valence electrons. The summed E-state index contributed by atoms with van der Waals surface area (Å²) in [5, 5.41) is 3.32. The van der Waals surface area contributed by atoms with Gasteiger partial charge in [0.2, 0.25) is 0 Å². The zero-order valence-corrected chi connectivity index (χ0v) is 13.2. The van der Waals surface area contributed by atoms with Crippen LogP contribution in [-0.2, 0) is 6.54 Å². The molecule has 0 spiro atoms. The van der Waals surface area contributed by atoms with Crippen LogP contribution in [0, 0.1) is 5.92 Å². The molecule has 1 aromatic carbocycles. The van der Waals surface area contributed by atoms with Crippen LogP contribution >= 0.6 is 15.9 Å². The third-order valence-corrected chi connectivity index (χ3v) is 3.50. The summed E-state index contributed by atoms with van der Waals surface area (Å²) in [7, 11) is 0. The summed E-state index contributed by atoms with van der Waals surface area (Å²) in [6.07, 6.45) is 2.43. The van der Waals surface area contributed by atoms with Gasteiger partial charge in [-0.2, -0.15) is 0 Å². The minimum absolute atomic E-state index is 0.614. The Bertz CT molecular complexity index is 354. The van der Waals surface area contributed by atoms with Gasteiger partial charge in [-0.3, -0.25) is 0 Å². The first-order valence-electron chi connectivity index (χ1n) is 6.79. The van der Waals surface area contributed by atoms with Crippen molar-refractivity contribution in [2.75, 3.05) is 13.2 Å². The lowest BCUT2D eigenvalue weighted by Gasteiger charge is -2.14. The molecular formula is C15H24BrNO. The first-order valence-corrected chi connectivity index (χ1v) is 7.58. The molecule has 2 nitrogen and oxygen atoms in total. The van der Waals surface area contributed by atoms with Crippen LogP contribution in [0.4, 0.5) is 0 Å². The van der Waals surface area contributed by atoms with E-state index in [9.17, 15) is 0 Å². The number of ether oxygens (including phenoxy) is 1. The average Bonchev–Trinajstić information content (AvgIpc) is 2.35. The maximum atomic E-state index is 5.84. The molecule has 0 bridgehead atoms. The SMILES string of the molecule is CCCC(C)COc1ccc(CNCC)cc1Br. The van der Waals surface area contributed by atoms with E-state index < -0.39 is 0 Å². The molecule has 0 radical (unpaired) electrons. The molecule has 0 fully saturated rings. The molecule has 0 aromatic heterocycles. The second kappa shape index (κ2) is 8.54. The molecule has 1 aromatic rings. The van der Waals surface area contributed by atoms with E-state index in [2.05, 4.69) is 60.2 Å². The molecule has 0 aliphatic rings. The van der Waals surface area contributed by atoms with E-state index in [0.29, 0.717) is 5.92 Å². The first-order chi connectivity index (χ1) is 8.67. The summed E-state index contributed by atoms with van der Waals surface area (Å²) < 4.78 is 6.89. The third kappa shape index (κ3) is 5.40. The summed E-state index contributed by atoms with van der Waals surface area (Å²) in [5.74, 6) is 1.56. The highest BCUT2D eigenvalue weighted by atomic mass is 79.9. The van der Waals surface area contributed by atoms with Crippen molar-refractivity contribution in [1.29, 1.82) is 0 Å². The molecule has 0 aliphatic heterocycles. The van der Waals surface area contributed by atoms with Crippen molar-refractivity contribution in [3.8, 4) is 5.75 Å². The smallest absolute Gasteiger partial charge is 0.133 e. The van der Waals surface area contributed by atoms with Crippen LogP contribution in [-0.4, -0.2) is 13.2 Å². The van der Waals surface area contributed by atoms with E-state index in [0.717, 1.165) is 29.9 Å². The minimum Gasteiger partial charge on any atom is -0.492 e. The number of hydrogen-bond donors (Lipinski definition) is 1. The van der Waals surface area contributed by atoms with Crippen LogP contribution < -0.4 is 10.1 Å². The average molecular weight is 314 g/mol. The summed E-state index contributed by atoms with van der Waals surface area (Å²) in [4.78, 5) is 0. The second-order valence-electron chi connectivity index (χ2n) is 4.75. The van der Waals surface area contributed by atoms with Crippen LogP contribution in [0.3, 0.4) is 0 Å². The Hall–Kier alpha value is -0.540. The number of hydrogen-bond acceptors (Lipinski definition) is 2. The Morgan fingerprint density at radius 3 is 2.72 bits per heavy atom. The quantitative estimate of drug-likeness (QED) is 0.769. The fourth-order valence-corrected chi connectivity index (χ4v) is 2.39. The molecule has 0 saturated carbocycles. The molecule has 0 amide bonds. The van der Waals surface area contributed by atoms with Crippen molar-refractivity contribution < 1.29 is 4.74 Å². The number of halogens is 1. The van der Waals surface area contributed by atoms with Gasteiger partial charge < -0.3 is 10.1 Å². The lowest BCUT2D eigenvalue weighted by molar-refractivity contribution is 0.250. The van der Waals surface area contributed by atoms with Gasteiger partial charge in [0.25, 0.3) is 0 Å². The summed E-state index contributed by atoms with van der Waals surface area (Å²) in [6, 6.07) is 6.30. The van der Waals surface area contributed by atoms with E-state index in [1.54, 1.807) is 0 Å². The van der Waals surface area contributed by atoms with Gasteiger partial charge in [-0.15, -0.1) is 0 Å². The standard InChI is InChI=1S/C15H24BrNO/c1-4-6-12(3)11-18-15-8-7-13(9-14(15)16)10-17-5-2/h7-9,12,17H,4-6,10-11H2,1-3H3. The maximum Gasteiger partial charge on any atom is 0.133 e. The predicted molar refractivity (Wildman–Crippen MR) is 81.1 cm³/mol. The molecule has 1 unspecified atom stereocenters. The Morgan fingerprint density at radius 2 is 2.11 bits per heavy atom. The van der Waals surface area contributed by atoms with E-state index in [1.165, 1.54) is 18.4 Å². The van der Waals surface area contributed by atoms with Crippen molar-refractivity contribution >= 4 is 15.9 Å². The molecule has 0 saturated heterocycles. The van der Waals surface area contributed by atoms with E-state index in [4.69, 9.17) is 4.74 Å². The Kier molecular flexibility index (Phi) is 7.36. The monoisotopic (exact) mass is 313 g/mol. The normalized spacial score (nSPS) is 12.4. The molecule has 0 heterocycles. The molecular weight excluding hydrogens is 290 g/mol. The van der Waals surface area contributed by atoms with Crippen molar-refractivity contribution in [2.45, 2.75) is 40.2 Å². The predicted octanol–water partition coefficient (Wildman–Crippen LogP) is 4.37. The van der Waals surface area contributed by atoms with Crippen LogP contribution in [0.2, 0.25) is 0 Å². The summed E-state index contributed by atoms with van der Waals surface area (Å²) in [6.45, 7) is 9.24. The first kappa shape index (κ1) is 15.5. The maximum absolute atomic E-state index is 5.84. The van der Waals surface area contributed by atoms with Gasteiger partial charge in [0.05, 0.1) is 11.1 Å². The van der Waals surface area contributed by atoms with E-state index in [-0.39, 0.29) is 0 Å². The van der Waals surface area contributed by atoms with Gasteiger partial charge in [-0.05, 0) is 52.5 Å². The Morgan fingerprint density at radius 1 is 1.33 bits per heavy atom. The summed E-state index contributed by atoms with van der Waals surface area (Å²) in [5.41, 5.74) is 1.28. The number of nitrogens with one attached hydrogen (secondary N) is 1. The van der Waals surface area contributed by atoms with E-state index in [1.807, 2.05) is 0 Å². The van der Waals surface area contributed by atoms with Crippen LogP contribution in [0.5, 0.6) is 5.75 Å². The van der Waals surface area contributed by atoms with Gasteiger partial charge >= 0.3 is 0 Å². The van der Waals surface area contributed by atoms with Crippen molar-refractivity contribution in [2.24, 2.45) is 5.92 Å². The highest BCUT2D eigenvalue weighted by Crippen LogP contribution is 2.26. The second-order valence-corrected chi connectivity index (χ2v) is 5.60. The minimum atomic E-state index is 0.614. The summed E-state index contributed by atoms with van der Waals surface area (Å²) >= 11 is 3.58. The van der Waals surface area contributed by atoms with Crippen LogP contribution in [0.25, 0.3) is 0 Å². The fraction of sp³-hybridized carbons (Fsp3) is 0.600. The van der Waals surface area contributed by atoms with Crippen LogP contribution in [0.1, 0.15) is 39.2 Å². The van der Waals surface area contributed by atoms with Gasteiger partial charge in [0.1, 0.15) is 5.75 Å². The van der Waals surface area contributed by atoms with Gasteiger partial charge in [0.15, 0.2) is 0 Å². The van der Waals surface area contributed by atoms with Crippen molar-refractivity contribution in [1.82, 2.24) is 5.32 Å². The molecule has 1 rings (SSSR count). The van der Waals surface area contributed by atoms with Gasteiger partial charge in [-0.1, -0.05) is 33.3 Å². The lowest BCUT2D eigenvalue weighted by Crippen LogP contribution is -2.12. The number of rotatable bonds is 8. The Balaban J connectivity index is 2.51. The molecule has 1 atom stereocenters. The van der Waals surface area contributed by atoms with Gasteiger partial charge in [0, 0.05) is 6.54 Å². The van der Waals surface area contributed by atoms with Crippen LogP contribution in [0.15, 0.2) is 22.7 Å². The molecule has 0 aliphatic carbocycles. The van der Waals surface area contributed by atoms with Crippen molar-refractivity contribution in [3.05, 3.63) is 28.2 Å². The highest BCUT2D eigenvalue weighted by molar-refractivity contribution is 9.10. The Labute approximate surface area is 119 Å². The van der Waals surface area contributed by atoms with Gasteiger partial charge in [-0.25, -0.2) is 0 Å². The molecule has 1 N–H and O–H groups in total. The van der Waals surface area contributed by atoms with E-state index >= 15 is 0 Å². The fourth-order valence-electron chi connectivity index (χ4n) is 1.85. The third-order valence-electron chi connectivity index (χ3n) is 2.88. The molecule has 18 heavy (non-hydrogen) atoms. The zero-order chi connectivity index (χ0) is 13.4. The molecule has 3 heteroatoms. The largest absolute Gasteiger partial charge is 0.492 e. The lowest BCUT2D eigenvalue weighted by atomic mass is 10.1. The highest BCUT2D eigenvalue weighted by Gasteiger charge is 2.06.